The number of carbonyl (C=O) groups is 1. The second-order valence-corrected chi connectivity index (χ2v) is 5.48. The molecule has 0 aromatic heterocycles. The van der Waals surface area contributed by atoms with Gasteiger partial charge >= 0.3 is 0 Å². The van der Waals surface area contributed by atoms with Gasteiger partial charge in [-0.1, -0.05) is 23.7 Å². The van der Waals surface area contributed by atoms with Gasteiger partial charge in [-0.25, -0.2) is 0 Å². The average molecular weight is 286 g/mol. The Kier molecular flexibility index (Phi) is 2.51. The van der Waals surface area contributed by atoms with Crippen molar-refractivity contribution in [3.8, 4) is 5.75 Å². The first-order chi connectivity index (χ1) is 9.74. The van der Waals surface area contributed by atoms with Crippen LogP contribution in [0.3, 0.4) is 0 Å². The average Bonchev–Trinajstić information content (AvgIpc) is 2.61. The number of para-hydroxylation sites is 1. The molecule has 0 bridgehead atoms. The van der Waals surface area contributed by atoms with Crippen LogP contribution in [0.25, 0.3) is 0 Å². The van der Waals surface area contributed by atoms with Crippen molar-refractivity contribution in [1.29, 1.82) is 0 Å². The number of hydrogen-bond acceptors (Lipinski definition) is 3. The van der Waals surface area contributed by atoms with E-state index >= 15 is 0 Å². The highest BCUT2D eigenvalue weighted by molar-refractivity contribution is 6.31. The maximum absolute atomic E-state index is 12.1. The summed E-state index contributed by atoms with van der Waals surface area (Å²) in [6.45, 7) is 1.14. The SMILES string of the molecule is O=C1CCN2c3cc(Cl)ccc3OCc3cccc1c32. The zero-order chi connectivity index (χ0) is 13.7. The molecule has 2 aromatic carbocycles. The fourth-order valence-corrected chi connectivity index (χ4v) is 3.10. The van der Waals surface area contributed by atoms with Crippen molar-refractivity contribution in [2.45, 2.75) is 13.0 Å². The van der Waals surface area contributed by atoms with E-state index in [1.54, 1.807) is 0 Å². The van der Waals surface area contributed by atoms with Crippen LogP contribution in [0.2, 0.25) is 5.02 Å². The Bertz CT molecular complexity index is 726. The number of ketones is 1. The zero-order valence-corrected chi connectivity index (χ0v) is 11.5. The molecule has 100 valence electrons. The summed E-state index contributed by atoms with van der Waals surface area (Å²) < 4.78 is 5.87. The van der Waals surface area contributed by atoms with E-state index < -0.39 is 0 Å². The summed E-state index contributed by atoms with van der Waals surface area (Å²) in [6, 6.07) is 11.4. The standard InChI is InChI=1S/C16H12ClNO2/c17-11-4-5-15-13(8-11)18-7-6-14(19)12-3-1-2-10(9-20-15)16(12)18/h1-5,8H,6-7,9H2. The van der Waals surface area contributed by atoms with Crippen LogP contribution >= 0.6 is 11.6 Å². The smallest absolute Gasteiger partial charge is 0.166 e. The van der Waals surface area contributed by atoms with Crippen LogP contribution in [0.15, 0.2) is 36.4 Å². The minimum Gasteiger partial charge on any atom is -0.487 e. The molecule has 0 radical (unpaired) electrons. The summed E-state index contributed by atoms with van der Waals surface area (Å²) in [6.07, 6.45) is 0.516. The first-order valence-electron chi connectivity index (χ1n) is 6.59. The minimum atomic E-state index is 0.198. The van der Waals surface area contributed by atoms with Gasteiger partial charge in [0.2, 0.25) is 0 Å². The maximum atomic E-state index is 12.1. The number of nitrogens with zero attached hydrogens (tertiary/aromatic N) is 1. The van der Waals surface area contributed by atoms with E-state index in [0.717, 1.165) is 28.3 Å². The molecule has 0 atom stereocenters. The number of benzene rings is 2. The van der Waals surface area contributed by atoms with E-state index in [9.17, 15) is 4.79 Å². The number of carbonyl (C=O) groups excluding carboxylic acids is 1. The lowest BCUT2D eigenvalue weighted by atomic mass is 9.96. The highest BCUT2D eigenvalue weighted by Crippen LogP contribution is 2.44. The molecule has 0 fully saturated rings. The highest BCUT2D eigenvalue weighted by atomic mass is 35.5. The van der Waals surface area contributed by atoms with Crippen LogP contribution < -0.4 is 9.64 Å². The summed E-state index contributed by atoms with van der Waals surface area (Å²) in [5.74, 6) is 1.01. The number of halogens is 1. The van der Waals surface area contributed by atoms with Gasteiger partial charge in [0.05, 0.1) is 11.4 Å². The lowest BCUT2D eigenvalue weighted by Crippen LogP contribution is -2.28. The fraction of sp³-hybridized carbons (Fsp3) is 0.188. The summed E-state index contributed by atoms with van der Waals surface area (Å²) >= 11 is 6.12. The van der Waals surface area contributed by atoms with E-state index in [4.69, 9.17) is 16.3 Å². The Morgan fingerprint density at radius 2 is 2.10 bits per heavy atom. The van der Waals surface area contributed by atoms with Gasteiger partial charge in [0, 0.05) is 29.1 Å². The van der Waals surface area contributed by atoms with Crippen molar-refractivity contribution in [3.63, 3.8) is 0 Å². The molecule has 4 heteroatoms. The molecule has 0 saturated carbocycles. The number of anilines is 2. The quantitative estimate of drug-likeness (QED) is 0.734. The lowest BCUT2D eigenvalue weighted by molar-refractivity contribution is 0.0981. The van der Waals surface area contributed by atoms with E-state index in [2.05, 4.69) is 4.90 Å². The number of rotatable bonds is 0. The van der Waals surface area contributed by atoms with Crippen molar-refractivity contribution in [3.05, 3.63) is 52.5 Å². The first kappa shape index (κ1) is 11.8. The second kappa shape index (κ2) is 4.25. The molecule has 4 rings (SSSR count). The summed E-state index contributed by atoms with van der Waals surface area (Å²) in [4.78, 5) is 14.3. The molecule has 2 heterocycles. The Balaban J connectivity index is 2.00. The molecule has 0 amide bonds. The summed E-state index contributed by atoms with van der Waals surface area (Å²) in [7, 11) is 0. The van der Waals surface area contributed by atoms with E-state index in [1.807, 2.05) is 36.4 Å². The second-order valence-electron chi connectivity index (χ2n) is 5.04. The van der Waals surface area contributed by atoms with Crippen molar-refractivity contribution >= 4 is 28.8 Å². The van der Waals surface area contributed by atoms with E-state index in [-0.39, 0.29) is 5.78 Å². The normalized spacial score (nSPS) is 16.1. The Hall–Kier alpha value is -2.00. The number of fused-ring (bicyclic) bond motifs is 2. The van der Waals surface area contributed by atoms with Gasteiger partial charge in [0.25, 0.3) is 0 Å². The van der Waals surface area contributed by atoms with Crippen molar-refractivity contribution < 1.29 is 9.53 Å². The highest BCUT2D eigenvalue weighted by Gasteiger charge is 2.30. The van der Waals surface area contributed by atoms with Crippen LogP contribution in [0, 0.1) is 0 Å². The van der Waals surface area contributed by atoms with E-state index in [0.29, 0.717) is 24.6 Å². The Morgan fingerprint density at radius 3 is 3.00 bits per heavy atom. The third kappa shape index (κ3) is 1.63. The van der Waals surface area contributed by atoms with Crippen molar-refractivity contribution in [2.24, 2.45) is 0 Å². The molecule has 0 unspecified atom stereocenters. The first-order valence-corrected chi connectivity index (χ1v) is 6.97. The third-order valence-electron chi connectivity index (χ3n) is 3.85. The summed E-state index contributed by atoms with van der Waals surface area (Å²) in [5, 5.41) is 0.671. The molecule has 0 saturated heterocycles. The van der Waals surface area contributed by atoms with Crippen molar-refractivity contribution in [1.82, 2.24) is 0 Å². The molecule has 3 nitrogen and oxygen atoms in total. The van der Waals surface area contributed by atoms with Crippen LogP contribution in [-0.4, -0.2) is 12.3 Å². The Morgan fingerprint density at radius 1 is 1.20 bits per heavy atom. The van der Waals surface area contributed by atoms with Crippen LogP contribution in [-0.2, 0) is 6.61 Å². The Labute approximate surface area is 121 Å². The largest absolute Gasteiger partial charge is 0.487 e. The number of Topliss-reactive ketones (excluding diaryl/α,β-unsaturated/α-hetero) is 1. The van der Waals surface area contributed by atoms with Gasteiger partial charge in [-0.3, -0.25) is 4.79 Å². The maximum Gasteiger partial charge on any atom is 0.166 e. The molecular weight excluding hydrogens is 274 g/mol. The molecule has 0 N–H and O–H groups in total. The topological polar surface area (TPSA) is 29.5 Å². The molecule has 2 aliphatic heterocycles. The van der Waals surface area contributed by atoms with Crippen LogP contribution in [0.4, 0.5) is 11.4 Å². The third-order valence-corrected chi connectivity index (χ3v) is 4.08. The summed E-state index contributed by atoms with van der Waals surface area (Å²) in [5.41, 5.74) is 3.74. The molecular formula is C16H12ClNO2. The van der Waals surface area contributed by atoms with Gasteiger partial charge in [-0.2, -0.15) is 0 Å². The molecule has 2 aromatic rings. The van der Waals surface area contributed by atoms with E-state index in [1.165, 1.54) is 0 Å². The van der Waals surface area contributed by atoms with Gasteiger partial charge in [-0.15, -0.1) is 0 Å². The predicted molar refractivity (Wildman–Crippen MR) is 78.2 cm³/mol. The van der Waals surface area contributed by atoms with Crippen LogP contribution in [0.1, 0.15) is 22.3 Å². The minimum absolute atomic E-state index is 0.198. The fourth-order valence-electron chi connectivity index (χ4n) is 2.93. The van der Waals surface area contributed by atoms with Gasteiger partial charge in [-0.05, 0) is 24.3 Å². The molecule has 0 spiro atoms. The van der Waals surface area contributed by atoms with Gasteiger partial charge < -0.3 is 9.64 Å². The van der Waals surface area contributed by atoms with Gasteiger partial charge in [0.15, 0.2) is 5.78 Å². The van der Waals surface area contributed by atoms with Gasteiger partial charge in [0.1, 0.15) is 12.4 Å². The predicted octanol–water partition coefficient (Wildman–Crippen LogP) is 3.96. The lowest BCUT2D eigenvalue weighted by Gasteiger charge is -2.31. The molecule has 0 aliphatic carbocycles. The van der Waals surface area contributed by atoms with Crippen molar-refractivity contribution in [2.75, 3.05) is 11.4 Å². The van der Waals surface area contributed by atoms with Crippen LogP contribution in [0.5, 0.6) is 5.75 Å². The molecule has 20 heavy (non-hydrogen) atoms. The zero-order valence-electron chi connectivity index (χ0n) is 10.7. The monoisotopic (exact) mass is 285 g/mol. The number of ether oxygens (including phenoxy) is 1. The number of hydrogen-bond donors (Lipinski definition) is 0. The molecule has 2 aliphatic rings.